The smallest absolute Gasteiger partial charge is 0.0339 e. The van der Waals surface area contributed by atoms with Crippen LogP contribution < -0.4 is 5.32 Å². The molecule has 0 radical (unpaired) electrons. The Morgan fingerprint density at radius 1 is 1.11 bits per heavy atom. The van der Waals surface area contributed by atoms with Crippen LogP contribution in [0.5, 0.6) is 0 Å². The lowest BCUT2D eigenvalue weighted by Gasteiger charge is -2.17. The number of rotatable bonds is 10. The Bertz CT molecular complexity index is 311. The zero-order valence-electron chi connectivity index (χ0n) is 11.7. The summed E-state index contributed by atoms with van der Waals surface area (Å²) in [6.07, 6.45) is 9.51. The second-order valence-electron chi connectivity index (χ2n) is 4.84. The van der Waals surface area contributed by atoms with Crippen LogP contribution in [0.15, 0.2) is 15.2 Å². The van der Waals surface area contributed by atoms with Gasteiger partial charge >= 0.3 is 0 Å². The Balaban J connectivity index is 2.29. The van der Waals surface area contributed by atoms with Gasteiger partial charge < -0.3 is 5.32 Å². The molecular formula is C15H26BrNS. The molecule has 0 saturated heterocycles. The maximum Gasteiger partial charge on any atom is 0.0339 e. The summed E-state index contributed by atoms with van der Waals surface area (Å²) >= 11 is 5.43. The lowest BCUT2D eigenvalue weighted by molar-refractivity contribution is 0.477. The van der Waals surface area contributed by atoms with E-state index in [4.69, 9.17) is 0 Å². The second kappa shape index (κ2) is 9.99. The van der Waals surface area contributed by atoms with Crippen LogP contribution in [0, 0.1) is 0 Å². The van der Waals surface area contributed by atoms with E-state index in [1.807, 2.05) is 0 Å². The van der Waals surface area contributed by atoms with Gasteiger partial charge in [-0.1, -0.05) is 52.4 Å². The van der Waals surface area contributed by atoms with E-state index in [-0.39, 0.29) is 0 Å². The summed E-state index contributed by atoms with van der Waals surface area (Å²) in [6.45, 7) is 5.51. The summed E-state index contributed by atoms with van der Waals surface area (Å²) in [6, 6.07) is 0.529. The molecule has 1 aromatic heterocycles. The van der Waals surface area contributed by atoms with Crippen molar-refractivity contribution in [1.82, 2.24) is 5.32 Å². The van der Waals surface area contributed by atoms with Crippen LogP contribution in [0.2, 0.25) is 0 Å². The van der Waals surface area contributed by atoms with Gasteiger partial charge in [-0.25, -0.2) is 0 Å². The van der Waals surface area contributed by atoms with Gasteiger partial charge in [-0.3, -0.25) is 0 Å². The van der Waals surface area contributed by atoms with Gasteiger partial charge in [0.1, 0.15) is 0 Å². The number of thiophene rings is 1. The predicted octanol–water partition coefficient (Wildman–Crippen LogP) is 5.91. The molecule has 0 amide bonds. The van der Waals surface area contributed by atoms with Crippen LogP contribution in [0.3, 0.4) is 0 Å². The van der Waals surface area contributed by atoms with E-state index in [9.17, 15) is 0 Å². The lowest BCUT2D eigenvalue weighted by atomic mass is 10.0. The molecule has 1 unspecified atom stereocenters. The highest BCUT2D eigenvalue weighted by Gasteiger charge is 2.13. The molecule has 0 fully saturated rings. The van der Waals surface area contributed by atoms with Crippen LogP contribution in [0.4, 0.5) is 0 Å². The molecule has 18 heavy (non-hydrogen) atoms. The number of halogens is 1. The zero-order chi connectivity index (χ0) is 13.2. The first-order chi connectivity index (χ1) is 8.79. The van der Waals surface area contributed by atoms with Crippen LogP contribution in [-0.4, -0.2) is 6.54 Å². The van der Waals surface area contributed by atoms with Gasteiger partial charge in [-0.15, -0.1) is 0 Å². The number of nitrogens with one attached hydrogen (secondary N) is 1. The summed E-state index contributed by atoms with van der Waals surface area (Å²) in [5.74, 6) is 0. The van der Waals surface area contributed by atoms with Crippen molar-refractivity contribution < 1.29 is 0 Å². The molecule has 0 bridgehead atoms. The second-order valence-corrected chi connectivity index (χ2v) is 6.44. The lowest BCUT2D eigenvalue weighted by Crippen LogP contribution is -2.20. The molecular weight excluding hydrogens is 306 g/mol. The fourth-order valence-electron chi connectivity index (χ4n) is 2.28. The molecule has 0 aliphatic heterocycles. The van der Waals surface area contributed by atoms with Crippen molar-refractivity contribution in [2.75, 3.05) is 6.54 Å². The van der Waals surface area contributed by atoms with Crippen molar-refractivity contribution in [3.8, 4) is 0 Å². The van der Waals surface area contributed by atoms with Gasteiger partial charge in [-0.05, 0) is 39.8 Å². The minimum Gasteiger partial charge on any atom is -0.310 e. The molecule has 1 nitrogen and oxygen atoms in total. The van der Waals surface area contributed by atoms with Gasteiger partial charge in [0.2, 0.25) is 0 Å². The fourth-order valence-corrected chi connectivity index (χ4v) is 3.91. The van der Waals surface area contributed by atoms with Crippen LogP contribution in [0.1, 0.15) is 70.4 Å². The Kier molecular flexibility index (Phi) is 8.99. The van der Waals surface area contributed by atoms with Crippen molar-refractivity contribution in [2.24, 2.45) is 0 Å². The van der Waals surface area contributed by atoms with Gasteiger partial charge in [0.25, 0.3) is 0 Å². The molecule has 1 heterocycles. The van der Waals surface area contributed by atoms with Gasteiger partial charge in [-0.2, -0.15) is 11.3 Å². The van der Waals surface area contributed by atoms with E-state index < -0.39 is 0 Å². The van der Waals surface area contributed by atoms with Gasteiger partial charge in [0.05, 0.1) is 0 Å². The molecule has 3 heteroatoms. The van der Waals surface area contributed by atoms with Crippen LogP contribution >= 0.6 is 27.3 Å². The average molecular weight is 332 g/mol. The van der Waals surface area contributed by atoms with Crippen LogP contribution in [0.25, 0.3) is 0 Å². The van der Waals surface area contributed by atoms with Crippen molar-refractivity contribution in [3.63, 3.8) is 0 Å². The van der Waals surface area contributed by atoms with E-state index in [1.54, 1.807) is 11.3 Å². The van der Waals surface area contributed by atoms with Crippen LogP contribution in [-0.2, 0) is 0 Å². The van der Waals surface area contributed by atoms with E-state index in [1.165, 1.54) is 55.0 Å². The Labute approximate surface area is 125 Å². The van der Waals surface area contributed by atoms with Crippen molar-refractivity contribution in [3.05, 3.63) is 20.8 Å². The highest BCUT2D eigenvalue weighted by Crippen LogP contribution is 2.30. The van der Waals surface area contributed by atoms with Gasteiger partial charge in [0, 0.05) is 15.9 Å². The Morgan fingerprint density at radius 3 is 2.44 bits per heavy atom. The summed E-state index contributed by atoms with van der Waals surface area (Å²) < 4.78 is 1.27. The SMILES string of the molecule is CCCCCCCCC(NCC)c1cscc1Br. The summed E-state index contributed by atoms with van der Waals surface area (Å²) in [5, 5.41) is 8.06. The number of hydrogen-bond donors (Lipinski definition) is 1. The third kappa shape index (κ3) is 5.85. The topological polar surface area (TPSA) is 12.0 Å². The summed E-state index contributed by atoms with van der Waals surface area (Å²) in [4.78, 5) is 0. The maximum absolute atomic E-state index is 3.65. The molecule has 1 atom stereocenters. The standard InChI is InChI=1S/C15H26BrNS/c1-3-5-6-7-8-9-10-15(17-4-2)13-11-18-12-14(13)16/h11-12,15,17H,3-10H2,1-2H3. The molecule has 1 rings (SSSR count). The Hall–Kier alpha value is 0.140. The third-order valence-electron chi connectivity index (χ3n) is 3.31. The number of hydrogen-bond acceptors (Lipinski definition) is 2. The molecule has 0 aliphatic rings. The first kappa shape index (κ1) is 16.2. The van der Waals surface area contributed by atoms with Gasteiger partial charge in [0.15, 0.2) is 0 Å². The summed E-state index contributed by atoms with van der Waals surface area (Å²) in [7, 11) is 0. The van der Waals surface area contributed by atoms with E-state index in [0.29, 0.717) is 6.04 Å². The molecule has 1 N–H and O–H groups in total. The largest absolute Gasteiger partial charge is 0.310 e. The van der Waals surface area contributed by atoms with E-state index >= 15 is 0 Å². The molecule has 104 valence electrons. The molecule has 1 aromatic rings. The molecule has 0 saturated carbocycles. The molecule has 0 aliphatic carbocycles. The minimum atomic E-state index is 0.529. The Morgan fingerprint density at radius 2 is 1.83 bits per heavy atom. The van der Waals surface area contributed by atoms with Crippen molar-refractivity contribution >= 4 is 27.3 Å². The van der Waals surface area contributed by atoms with E-state index in [0.717, 1.165) is 6.54 Å². The number of unbranched alkanes of at least 4 members (excludes halogenated alkanes) is 5. The quantitative estimate of drug-likeness (QED) is 0.525. The van der Waals surface area contributed by atoms with Crippen molar-refractivity contribution in [2.45, 2.75) is 64.8 Å². The first-order valence-electron chi connectivity index (χ1n) is 7.24. The zero-order valence-corrected chi connectivity index (χ0v) is 14.1. The highest BCUT2D eigenvalue weighted by molar-refractivity contribution is 9.10. The van der Waals surface area contributed by atoms with Crippen molar-refractivity contribution in [1.29, 1.82) is 0 Å². The minimum absolute atomic E-state index is 0.529. The summed E-state index contributed by atoms with van der Waals surface area (Å²) in [5.41, 5.74) is 1.44. The molecule has 0 spiro atoms. The fraction of sp³-hybridized carbons (Fsp3) is 0.733. The molecule has 0 aromatic carbocycles. The predicted molar refractivity (Wildman–Crippen MR) is 86.4 cm³/mol. The maximum atomic E-state index is 3.65. The third-order valence-corrected chi connectivity index (χ3v) is 5.07. The average Bonchev–Trinajstić information content (AvgIpc) is 2.78. The normalized spacial score (nSPS) is 12.8. The first-order valence-corrected chi connectivity index (χ1v) is 8.98. The highest BCUT2D eigenvalue weighted by atomic mass is 79.9. The monoisotopic (exact) mass is 331 g/mol. The van der Waals surface area contributed by atoms with E-state index in [2.05, 4.69) is 45.9 Å².